The number of hydrogen-bond acceptors (Lipinski definition) is 8. The molecule has 3 aromatic rings. The van der Waals surface area contributed by atoms with Crippen molar-refractivity contribution in [3.05, 3.63) is 64.3 Å². The van der Waals surface area contributed by atoms with E-state index in [0.717, 1.165) is 57.7 Å². The lowest BCUT2D eigenvalue weighted by Gasteiger charge is -2.33. The molecule has 5 rings (SSSR count). The quantitative estimate of drug-likeness (QED) is 0.299. The first-order chi connectivity index (χ1) is 19.5. The van der Waals surface area contributed by atoms with Gasteiger partial charge in [-0.15, -0.1) is 0 Å². The fourth-order valence-corrected chi connectivity index (χ4v) is 5.46. The highest BCUT2D eigenvalue weighted by atomic mass is 35.5. The van der Waals surface area contributed by atoms with Gasteiger partial charge in [0.15, 0.2) is 5.82 Å². The van der Waals surface area contributed by atoms with E-state index < -0.39 is 0 Å². The van der Waals surface area contributed by atoms with Crippen molar-refractivity contribution in [1.82, 2.24) is 20.2 Å². The molecule has 1 aliphatic heterocycles. The molecule has 40 heavy (non-hydrogen) atoms. The Kier molecular flexibility index (Phi) is 9.36. The van der Waals surface area contributed by atoms with Crippen molar-refractivity contribution < 1.29 is 14.3 Å². The molecule has 1 aliphatic carbocycles. The van der Waals surface area contributed by atoms with Gasteiger partial charge in [-0.25, -0.2) is 4.98 Å². The highest BCUT2D eigenvalue weighted by Crippen LogP contribution is 2.32. The maximum Gasteiger partial charge on any atom is 0.251 e. The molecular formula is C30H37ClN6O3. The first-order valence-electron chi connectivity index (χ1n) is 14.0. The minimum Gasteiger partial charge on any atom is -0.495 e. The van der Waals surface area contributed by atoms with Gasteiger partial charge in [0.05, 0.1) is 32.2 Å². The van der Waals surface area contributed by atoms with Gasteiger partial charge < -0.3 is 25.4 Å². The van der Waals surface area contributed by atoms with Crippen molar-refractivity contribution in [3.8, 4) is 5.75 Å². The molecule has 1 unspecified atom stereocenters. The smallest absolute Gasteiger partial charge is 0.251 e. The molecule has 0 saturated carbocycles. The Morgan fingerprint density at radius 1 is 1.10 bits per heavy atom. The van der Waals surface area contributed by atoms with E-state index in [-0.39, 0.29) is 5.91 Å². The van der Waals surface area contributed by atoms with Crippen LogP contribution in [0.15, 0.2) is 42.6 Å². The summed E-state index contributed by atoms with van der Waals surface area (Å²) in [5, 5.41) is 9.82. The molecule has 0 spiro atoms. The lowest BCUT2D eigenvalue weighted by atomic mass is 10.0. The highest BCUT2D eigenvalue weighted by Gasteiger charge is 2.24. The van der Waals surface area contributed by atoms with E-state index in [0.29, 0.717) is 46.4 Å². The minimum atomic E-state index is -0.143. The fraction of sp³-hybridized carbons (Fsp3) is 0.433. The number of rotatable bonds is 9. The Labute approximate surface area is 240 Å². The largest absolute Gasteiger partial charge is 0.495 e. The van der Waals surface area contributed by atoms with E-state index in [1.165, 1.54) is 17.5 Å². The molecule has 3 N–H and O–H groups in total. The summed E-state index contributed by atoms with van der Waals surface area (Å²) in [6.07, 6.45) is 6.91. The third kappa shape index (κ3) is 6.83. The van der Waals surface area contributed by atoms with Gasteiger partial charge in [-0.3, -0.25) is 9.69 Å². The van der Waals surface area contributed by atoms with E-state index in [1.807, 2.05) is 6.92 Å². The number of ether oxygens (including phenoxy) is 2. The van der Waals surface area contributed by atoms with Crippen LogP contribution >= 0.6 is 11.6 Å². The van der Waals surface area contributed by atoms with Gasteiger partial charge in [-0.2, -0.15) is 4.98 Å². The third-order valence-corrected chi connectivity index (χ3v) is 7.79. The first-order valence-corrected chi connectivity index (χ1v) is 14.4. The summed E-state index contributed by atoms with van der Waals surface area (Å²) < 4.78 is 11.1. The number of fused-ring (bicyclic) bond motifs is 1. The molecule has 0 radical (unpaired) electrons. The number of anilines is 4. The molecule has 2 heterocycles. The topological polar surface area (TPSA) is 101 Å². The summed E-state index contributed by atoms with van der Waals surface area (Å²) in [5.74, 6) is 1.23. The molecule has 212 valence electrons. The summed E-state index contributed by atoms with van der Waals surface area (Å²) in [5.41, 5.74) is 4.89. The van der Waals surface area contributed by atoms with Crippen molar-refractivity contribution in [2.75, 3.05) is 50.6 Å². The number of aromatic nitrogens is 2. The average Bonchev–Trinajstić information content (AvgIpc) is 3.20. The molecule has 9 nitrogen and oxygen atoms in total. The number of morpholine rings is 1. The second-order valence-corrected chi connectivity index (χ2v) is 10.6. The minimum absolute atomic E-state index is 0.143. The number of amides is 1. The van der Waals surface area contributed by atoms with Crippen LogP contribution in [0.4, 0.5) is 23.1 Å². The van der Waals surface area contributed by atoms with E-state index in [9.17, 15) is 4.79 Å². The maximum atomic E-state index is 12.4. The van der Waals surface area contributed by atoms with Gasteiger partial charge in [-0.05, 0) is 73.6 Å². The van der Waals surface area contributed by atoms with E-state index in [4.69, 9.17) is 21.1 Å². The lowest BCUT2D eigenvalue weighted by Crippen LogP contribution is -2.43. The maximum absolute atomic E-state index is 12.4. The highest BCUT2D eigenvalue weighted by molar-refractivity contribution is 6.33. The van der Waals surface area contributed by atoms with E-state index in [2.05, 4.69) is 49.0 Å². The lowest BCUT2D eigenvalue weighted by molar-refractivity contribution is 0.0136. The van der Waals surface area contributed by atoms with Crippen molar-refractivity contribution >= 4 is 40.6 Å². The monoisotopic (exact) mass is 564 g/mol. The molecule has 2 aliphatic rings. The van der Waals surface area contributed by atoms with Crippen LogP contribution in [-0.2, 0) is 17.6 Å². The molecular weight excluding hydrogens is 528 g/mol. The normalized spacial score (nSPS) is 17.4. The second kappa shape index (κ2) is 13.3. The first kappa shape index (κ1) is 28.1. The van der Waals surface area contributed by atoms with Crippen LogP contribution in [0.5, 0.6) is 5.75 Å². The van der Waals surface area contributed by atoms with Gasteiger partial charge >= 0.3 is 0 Å². The predicted molar refractivity (Wildman–Crippen MR) is 158 cm³/mol. The van der Waals surface area contributed by atoms with Gasteiger partial charge in [0.25, 0.3) is 5.91 Å². The molecule has 1 atom stereocenters. The number of nitrogens with one attached hydrogen (secondary N) is 3. The number of methoxy groups -OCH3 is 1. The number of hydrogen-bond donors (Lipinski definition) is 3. The summed E-state index contributed by atoms with van der Waals surface area (Å²) >= 11 is 6.44. The van der Waals surface area contributed by atoms with Crippen LogP contribution in [0.1, 0.15) is 47.7 Å². The summed E-state index contributed by atoms with van der Waals surface area (Å²) in [6.45, 7) is 6.36. The van der Waals surface area contributed by atoms with Crippen LogP contribution in [-0.4, -0.2) is 66.8 Å². The zero-order chi connectivity index (χ0) is 27.9. The van der Waals surface area contributed by atoms with Crippen molar-refractivity contribution in [1.29, 1.82) is 0 Å². The number of carbonyl (C=O) groups excluding carboxylic acids is 1. The molecule has 1 aromatic heterocycles. The molecule has 1 saturated heterocycles. The zero-order valence-corrected chi connectivity index (χ0v) is 23.9. The number of benzene rings is 2. The molecule has 10 heteroatoms. The van der Waals surface area contributed by atoms with Crippen molar-refractivity contribution in [2.24, 2.45) is 0 Å². The van der Waals surface area contributed by atoms with Crippen LogP contribution in [0, 0.1) is 0 Å². The van der Waals surface area contributed by atoms with Crippen LogP contribution in [0.25, 0.3) is 0 Å². The fourth-order valence-electron chi connectivity index (χ4n) is 5.32. The Morgan fingerprint density at radius 3 is 2.67 bits per heavy atom. The molecule has 1 fully saturated rings. The number of nitrogens with zero attached hydrogens (tertiary/aromatic N) is 3. The van der Waals surface area contributed by atoms with E-state index >= 15 is 0 Å². The van der Waals surface area contributed by atoms with Gasteiger partial charge in [-0.1, -0.05) is 24.6 Å². The second-order valence-electron chi connectivity index (χ2n) is 10.2. The number of carbonyl (C=O) groups is 1. The SMILES string of the molecule is CCCNC(=O)c1ccc(Nc2nc(Nc3ccc4c(c3)CCC(N3CCOCC3)CC4)ncc2Cl)c(OC)c1. The predicted octanol–water partition coefficient (Wildman–Crippen LogP) is 5.35. The van der Waals surface area contributed by atoms with Gasteiger partial charge in [0.2, 0.25) is 5.95 Å². The van der Waals surface area contributed by atoms with Crippen molar-refractivity contribution in [3.63, 3.8) is 0 Å². The Hall–Kier alpha value is -3.40. The van der Waals surface area contributed by atoms with Gasteiger partial charge in [0.1, 0.15) is 10.8 Å². The summed E-state index contributed by atoms with van der Waals surface area (Å²) in [7, 11) is 1.56. The Balaban J connectivity index is 1.27. The third-order valence-electron chi connectivity index (χ3n) is 7.51. The number of halogens is 1. The van der Waals surface area contributed by atoms with E-state index in [1.54, 1.807) is 31.5 Å². The standard InChI is InChI=1S/C30H37ClN6O3/c1-3-12-32-29(38)22-7-11-26(27(18-22)39-2)35-28-25(31)19-33-30(36-28)34-23-8-4-20-5-9-24(10-6-21(20)17-23)37-13-15-40-16-14-37/h4,7-8,11,17-19,24H,3,5-6,9-10,12-16H2,1-2H3,(H,32,38)(H2,33,34,35,36). The van der Waals surface area contributed by atoms with Crippen molar-refractivity contribution in [2.45, 2.75) is 45.1 Å². The summed E-state index contributed by atoms with van der Waals surface area (Å²) in [4.78, 5) is 24.0. The zero-order valence-electron chi connectivity index (χ0n) is 23.1. The van der Waals surface area contributed by atoms with Crippen LogP contribution in [0.2, 0.25) is 5.02 Å². The Bertz CT molecular complexity index is 1330. The molecule has 0 bridgehead atoms. The van der Waals surface area contributed by atoms with Gasteiger partial charge in [0, 0.05) is 36.9 Å². The Morgan fingerprint density at radius 2 is 1.90 bits per heavy atom. The number of aryl methyl sites for hydroxylation is 2. The van der Waals surface area contributed by atoms with Crippen LogP contribution < -0.4 is 20.7 Å². The molecule has 1 amide bonds. The molecule has 2 aromatic carbocycles. The van der Waals surface area contributed by atoms with Crippen LogP contribution in [0.3, 0.4) is 0 Å². The average molecular weight is 565 g/mol. The summed E-state index contributed by atoms with van der Waals surface area (Å²) in [6, 6.07) is 12.3.